The first-order valence-electron chi connectivity index (χ1n) is 7.81. The summed E-state index contributed by atoms with van der Waals surface area (Å²) in [6, 6.07) is 9.14. The van der Waals surface area contributed by atoms with Gasteiger partial charge in [-0.2, -0.15) is 0 Å². The van der Waals surface area contributed by atoms with E-state index < -0.39 is 5.97 Å². The fraction of sp³-hybridized carbons (Fsp3) is 0.263. The van der Waals surface area contributed by atoms with Crippen molar-refractivity contribution in [2.75, 3.05) is 4.90 Å². The van der Waals surface area contributed by atoms with Gasteiger partial charge < -0.3 is 10.0 Å². The molecule has 0 saturated carbocycles. The molecule has 0 spiro atoms. The Hall–Kier alpha value is -2.69. The molecule has 2 aliphatic rings. The van der Waals surface area contributed by atoms with Crippen LogP contribution in [0.2, 0.25) is 0 Å². The number of nitrogens with zero attached hydrogens (tertiary/aromatic N) is 1. The SMILES string of the molecule is CC1(C)CC2c3cccc(C(=O)O)c3C(=O)N2c2ccc(F)cc21. The second-order valence-electron chi connectivity index (χ2n) is 7.02. The fourth-order valence-electron chi connectivity index (χ4n) is 4.00. The summed E-state index contributed by atoms with van der Waals surface area (Å²) in [6.45, 7) is 4.04. The quantitative estimate of drug-likeness (QED) is 0.865. The number of benzene rings is 2. The van der Waals surface area contributed by atoms with Crippen molar-refractivity contribution < 1.29 is 19.1 Å². The summed E-state index contributed by atoms with van der Waals surface area (Å²) in [7, 11) is 0. The molecule has 0 bridgehead atoms. The van der Waals surface area contributed by atoms with Crippen LogP contribution in [0.3, 0.4) is 0 Å². The maximum Gasteiger partial charge on any atom is 0.336 e. The van der Waals surface area contributed by atoms with Crippen molar-refractivity contribution >= 4 is 17.6 Å². The first-order valence-corrected chi connectivity index (χ1v) is 7.81. The molecule has 24 heavy (non-hydrogen) atoms. The van der Waals surface area contributed by atoms with E-state index in [1.165, 1.54) is 18.2 Å². The molecule has 122 valence electrons. The smallest absolute Gasteiger partial charge is 0.336 e. The molecule has 0 aromatic heterocycles. The fourth-order valence-corrected chi connectivity index (χ4v) is 4.00. The Balaban J connectivity index is 1.98. The van der Waals surface area contributed by atoms with E-state index in [9.17, 15) is 19.1 Å². The molecule has 2 heterocycles. The third kappa shape index (κ3) is 1.84. The lowest BCUT2D eigenvalue weighted by Gasteiger charge is -2.41. The summed E-state index contributed by atoms with van der Waals surface area (Å²) >= 11 is 0. The van der Waals surface area contributed by atoms with Gasteiger partial charge in [-0.15, -0.1) is 0 Å². The van der Waals surface area contributed by atoms with E-state index in [2.05, 4.69) is 0 Å². The van der Waals surface area contributed by atoms with Crippen LogP contribution in [0, 0.1) is 5.82 Å². The van der Waals surface area contributed by atoms with E-state index >= 15 is 0 Å². The van der Waals surface area contributed by atoms with E-state index in [0.29, 0.717) is 12.1 Å². The molecular weight excluding hydrogens is 309 g/mol. The van der Waals surface area contributed by atoms with Crippen molar-refractivity contribution in [1.29, 1.82) is 0 Å². The van der Waals surface area contributed by atoms with Crippen LogP contribution >= 0.6 is 0 Å². The van der Waals surface area contributed by atoms with Crippen molar-refractivity contribution in [2.24, 2.45) is 0 Å². The van der Waals surface area contributed by atoms with Gasteiger partial charge >= 0.3 is 5.97 Å². The van der Waals surface area contributed by atoms with Gasteiger partial charge in [-0.3, -0.25) is 4.79 Å². The molecular formula is C19H16FNO3. The molecule has 2 aromatic carbocycles. The van der Waals surface area contributed by atoms with Gasteiger partial charge in [0.05, 0.1) is 17.2 Å². The van der Waals surface area contributed by atoms with E-state index in [-0.39, 0.29) is 34.3 Å². The van der Waals surface area contributed by atoms with E-state index in [0.717, 1.165) is 11.1 Å². The number of amides is 1. The molecule has 0 radical (unpaired) electrons. The Labute approximate surface area is 138 Å². The third-order valence-corrected chi connectivity index (χ3v) is 5.08. The molecule has 0 aliphatic carbocycles. The average Bonchev–Trinajstić information content (AvgIpc) is 2.80. The molecule has 0 saturated heterocycles. The van der Waals surface area contributed by atoms with Crippen LogP contribution < -0.4 is 4.90 Å². The van der Waals surface area contributed by atoms with Gasteiger partial charge in [0.15, 0.2) is 0 Å². The minimum Gasteiger partial charge on any atom is -0.478 e. The molecule has 1 unspecified atom stereocenters. The molecule has 4 rings (SSSR count). The molecule has 4 nitrogen and oxygen atoms in total. The maximum absolute atomic E-state index is 13.7. The monoisotopic (exact) mass is 325 g/mol. The van der Waals surface area contributed by atoms with E-state index in [4.69, 9.17) is 0 Å². The van der Waals surface area contributed by atoms with Crippen LogP contribution in [0.15, 0.2) is 36.4 Å². The maximum atomic E-state index is 13.7. The van der Waals surface area contributed by atoms with Gasteiger partial charge in [0, 0.05) is 5.69 Å². The predicted molar refractivity (Wildman–Crippen MR) is 87.0 cm³/mol. The molecule has 0 fully saturated rings. The van der Waals surface area contributed by atoms with Crippen molar-refractivity contribution in [3.63, 3.8) is 0 Å². The summed E-state index contributed by atoms with van der Waals surface area (Å²) in [6.07, 6.45) is 0.616. The van der Waals surface area contributed by atoms with Crippen molar-refractivity contribution in [2.45, 2.75) is 31.7 Å². The van der Waals surface area contributed by atoms with Crippen LogP contribution in [-0.4, -0.2) is 17.0 Å². The molecule has 1 amide bonds. The number of halogens is 1. The lowest BCUT2D eigenvalue weighted by molar-refractivity contribution is 0.0692. The van der Waals surface area contributed by atoms with E-state index in [1.807, 2.05) is 19.9 Å². The highest BCUT2D eigenvalue weighted by Gasteiger charge is 2.47. The number of rotatable bonds is 1. The van der Waals surface area contributed by atoms with Gasteiger partial charge in [-0.05, 0) is 47.2 Å². The molecule has 2 aliphatic heterocycles. The summed E-state index contributed by atoms with van der Waals surface area (Å²) in [4.78, 5) is 26.1. The topological polar surface area (TPSA) is 57.6 Å². The molecule has 5 heteroatoms. The largest absolute Gasteiger partial charge is 0.478 e. The second-order valence-corrected chi connectivity index (χ2v) is 7.02. The summed E-state index contributed by atoms with van der Waals surface area (Å²) < 4.78 is 13.7. The highest BCUT2D eigenvalue weighted by Crippen LogP contribution is 2.52. The number of anilines is 1. The van der Waals surface area contributed by atoms with Crippen LogP contribution in [0.4, 0.5) is 10.1 Å². The lowest BCUT2D eigenvalue weighted by atomic mass is 9.74. The van der Waals surface area contributed by atoms with Gasteiger partial charge in [0.2, 0.25) is 0 Å². The third-order valence-electron chi connectivity index (χ3n) is 5.08. The van der Waals surface area contributed by atoms with Crippen LogP contribution in [-0.2, 0) is 5.41 Å². The Morgan fingerprint density at radius 1 is 1.29 bits per heavy atom. The van der Waals surface area contributed by atoms with E-state index in [1.54, 1.807) is 17.0 Å². The molecule has 1 atom stereocenters. The van der Waals surface area contributed by atoms with Crippen molar-refractivity contribution in [1.82, 2.24) is 0 Å². The van der Waals surface area contributed by atoms with Gasteiger partial charge in [0.25, 0.3) is 5.91 Å². The summed E-state index contributed by atoms with van der Waals surface area (Å²) in [5.41, 5.74) is 2.13. The number of aromatic carboxylic acids is 1. The normalized spacial score (nSPS) is 20.4. The highest BCUT2D eigenvalue weighted by atomic mass is 19.1. The molecule has 1 N–H and O–H groups in total. The number of carbonyl (C=O) groups is 2. The van der Waals surface area contributed by atoms with Gasteiger partial charge in [-0.1, -0.05) is 26.0 Å². The Bertz CT molecular complexity index is 903. The zero-order valence-electron chi connectivity index (χ0n) is 13.3. The first kappa shape index (κ1) is 14.9. The number of carboxylic acid groups (broad SMARTS) is 1. The number of hydrogen-bond donors (Lipinski definition) is 1. The number of fused-ring (bicyclic) bond motifs is 5. The zero-order valence-corrected chi connectivity index (χ0v) is 13.3. The van der Waals surface area contributed by atoms with Crippen LogP contribution in [0.25, 0.3) is 0 Å². The lowest BCUT2D eigenvalue weighted by Crippen LogP contribution is -2.39. The Morgan fingerprint density at radius 2 is 2.04 bits per heavy atom. The number of carboxylic acids is 1. The van der Waals surface area contributed by atoms with Gasteiger partial charge in [0.1, 0.15) is 5.82 Å². The predicted octanol–water partition coefficient (Wildman–Crippen LogP) is 3.91. The summed E-state index contributed by atoms with van der Waals surface area (Å²) in [5.74, 6) is -1.77. The van der Waals surface area contributed by atoms with Crippen molar-refractivity contribution in [3.05, 3.63) is 64.5 Å². The number of carbonyl (C=O) groups excluding carboxylic acids is 1. The van der Waals surface area contributed by atoms with Crippen LogP contribution in [0.5, 0.6) is 0 Å². The summed E-state index contributed by atoms with van der Waals surface area (Å²) in [5, 5.41) is 9.41. The number of hydrogen-bond acceptors (Lipinski definition) is 2. The Kier molecular flexibility index (Phi) is 2.89. The highest BCUT2D eigenvalue weighted by molar-refractivity contribution is 6.16. The second kappa shape index (κ2) is 4.66. The van der Waals surface area contributed by atoms with Gasteiger partial charge in [-0.25, -0.2) is 9.18 Å². The standard InChI is InChI=1S/C19H16FNO3/c1-19(2)9-15-11-4-3-5-12(18(23)24)16(11)17(22)21(15)14-7-6-10(20)8-13(14)19/h3-8,15H,9H2,1-2H3,(H,23,24). The van der Waals surface area contributed by atoms with Crippen LogP contribution in [0.1, 0.15) is 58.2 Å². The minimum absolute atomic E-state index is 0.0216. The Morgan fingerprint density at radius 3 is 2.75 bits per heavy atom. The average molecular weight is 325 g/mol. The van der Waals surface area contributed by atoms with Crippen molar-refractivity contribution in [3.8, 4) is 0 Å². The minimum atomic E-state index is -1.11. The zero-order chi connectivity index (χ0) is 17.2. The first-order chi connectivity index (χ1) is 11.3. The molecule has 2 aromatic rings.